The van der Waals surface area contributed by atoms with Crippen LogP contribution < -0.4 is 0 Å². The van der Waals surface area contributed by atoms with E-state index in [1.807, 2.05) is 26.0 Å². The summed E-state index contributed by atoms with van der Waals surface area (Å²) in [6.07, 6.45) is 0. The summed E-state index contributed by atoms with van der Waals surface area (Å²) in [5, 5.41) is 11.0. The molecule has 0 saturated carbocycles. The lowest BCUT2D eigenvalue weighted by atomic mass is 10.1. The van der Waals surface area contributed by atoms with E-state index >= 15 is 0 Å². The first-order valence-corrected chi connectivity index (χ1v) is 4.54. The van der Waals surface area contributed by atoms with E-state index in [0.717, 1.165) is 26.8 Å². The summed E-state index contributed by atoms with van der Waals surface area (Å²) in [5.41, 5.74) is 3.26. The average Bonchev–Trinajstić information content (AvgIpc) is 1.99. The van der Waals surface area contributed by atoms with Crippen LogP contribution >= 0.6 is 11.6 Å². The van der Waals surface area contributed by atoms with Crippen molar-refractivity contribution >= 4 is 11.6 Å². The summed E-state index contributed by atoms with van der Waals surface area (Å²) >= 11 is 5.95. The van der Waals surface area contributed by atoms with Crippen molar-refractivity contribution in [1.82, 2.24) is 5.06 Å². The number of hydrogen-bond acceptors (Lipinski definition) is 2. The molecule has 72 valence electrons. The summed E-state index contributed by atoms with van der Waals surface area (Å²) in [4.78, 5) is 0. The Labute approximate surface area is 83.7 Å². The van der Waals surface area contributed by atoms with Crippen molar-refractivity contribution in [1.29, 1.82) is 0 Å². The van der Waals surface area contributed by atoms with Gasteiger partial charge in [0.25, 0.3) is 0 Å². The molecule has 0 unspecified atom stereocenters. The molecule has 0 aromatic heterocycles. The van der Waals surface area contributed by atoms with Crippen molar-refractivity contribution < 1.29 is 5.21 Å². The van der Waals surface area contributed by atoms with E-state index in [0.29, 0.717) is 6.54 Å². The fourth-order valence-electron chi connectivity index (χ4n) is 1.26. The van der Waals surface area contributed by atoms with Crippen molar-refractivity contribution in [3.8, 4) is 0 Å². The quantitative estimate of drug-likeness (QED) is 0.741. The van der Waals surface area contributed by atoms with Gasteiger partial charge in [0.15, 0.2) is 0 Å². The Hall–Kier alpha value is -0.570. The average molecular weight is 200 g/mol. The third-order valence-corrected chi connectivity index (χ3v) is 2.42. The molecule has 0 spiro atoms. The largest absolute Gasteiger partial charge is 0.314 e. The van der Waals surface area contributed by atoms with Gasteiger partial charge in [-0.2, -0.15) is 5.06 Å². The zero-order valence-electron chi connectivity index (χ0n) is 8.13. The Kier molecular flexibility index (Phi) is 3.31. The van der Waals surface area contributed by atoms with E-state index < -0.39 is 0 Å². The lowest BCUT2D eigenvalue weighted by Crippen LogP contribution is -2.12. The normalized spacial score (nSPS) is 10.9. The van der Waals surface area contributed by atoms with Crippen molar-refractivity contribution in [2.24, 2.45) is 0 Å². The number of halogens is 1. The molecule has 0 aliphatic rings. The Morgan fingerprint density at radius 1 is 1.31 bits per heavy atom. The van der Waals surface area contributed by atoms with Crippen molar-refractivity contribution in [2.75, 3.05) is 7.05 Å². The number of hydroxylamine groups is 2. The van der Waals surface area contributed by atoms with Crippen molar-refractivity contribution in [3.63, 3.8) is 0 Å². The highest BCUT2D eigenvalue weighted by Gasteiger charge is 2.04. The van der Waals surface area contributed by atoms with E-state index in [1.54, 1.807) is 7.05 Å². The van der Waals surface area contributed by atoms with Crippen LogP contribution in [0.5, 0.6) is 0 Å². The molecule has 0 atom stereocenters. The number of nitrogens with zero attached hydrogens (tertiary/aromatic N) is 1. The molecule has 1 N–H and O–H groups in total. The molecule has 13 heavy (non-hydrogen) atoms. The predicted molar refractivity (Wildman–Crippen MR) is 54.2 cm³/mol. The summed E-state index contributed by atoms with van der Waals surface area (Å²) in [5.74, 6) is 0. The first kappa shape index (κ1) is 10.5. The van der Waals surface area contributed by atoms with Crippen LogP contribution in [0.2, 0.25) is 5.02 Å². The molecule has 0 amide bonds. The SMILES string of the molecule is Cc1cc(CN(C)O)c(C)cc1Cl. The van der Waals surface area contributed by atoms with Gasteiger partial charge in [0.2, 0.25) is 0 Å². The number of benzene rings is 1. The van der Waals surface area contributed by atoms with Crippen LogP contribution in [-0.4, -0.2) is 17.3 Å². The Balaban J connectivity index is 3.01. The second kappa shape index (κ2) is 4.09. The third kappa shape index (κ3) is 2.69. The van der Waals surface area contributed by atoms with Gasteiger partial charge in [-0.3, -0.25) is 0 Å². The first-order valence-electron chi connectivity index (χ1n) is 4.16. The molecule has 0 radical (unpaired) electrons. The topological polar surface area (TPSA) is 23.5 Å². The minimum Gasteiger partial charge on any atom is -0.314 e. The third-order valence-electron chi connectivity index (χ3n) is 2.02. The van der Waals surface area contributed by atoms with Gasteiger partial charge in [0.1, 0.15) is 0 Å². The molecule has 0 saturated heterocycles. The fraction of sp³-hybridized carbons (Fsp3) is 0.400. The smallest absolute Gasteiger partial charge is 0.0488 e. The van der Waals surface area contributed by atoms with E-state index in [-0.39, 0.29) is 0 Å². The second-order valence-electron chi connectivity index (χ2n) is 3.34. The van der Waals surface area contributed by atoms with Gasteiger partial charge in [-0.15, -0.1) is 0 Å². The van der Waals surface area contributed by atoms with E-state index in [1.165, 1.54) is 0 Å². The van der Waals surface area contributed by atoms with Crippen LogP contribution in [0, 0.1) is 13.8 Å². The summed E-state index contributed by atoms with van der Waals surface area (Å²) < 4.78 is 0. The van der Waals surface area contributed by atoms with Crippen LogP contribution in [0.4, 0.5) is 0 Å². The van der Waals surface area contributed by atoms with Crippen molar-refractivity contribution in [3.05, 3.63) is 33.8 Å². The van der Waals surface area contributed by atoms with Crippen LogP contribution in [0.1, 0.15) is 16.7 Å². The molecule has 0 bridgehead atoms. The van der Waals surface area contributed by atoms with Gasteiger partial charge in [-0.05, 0) is 36.6 Å². The van der Waals surface area contributed by atoms with Crippen molar-refractivity contribution in [2.45, 2.75) is 20.4 Å². The maximum absolute atomic E-state index is 9.09. The summed E-state index contributed by atoms with van der Waals surface area (Å²) in [6, 6.07) is 3.93. The molecule has 1 rings (SSSR count). The van der Waals surface area contributed by atoms with E-state index in [9.17, 15) is 0 Å². The van der Waals surface area contributed by atoms with E-state index in [4.69, 9.17) is 16.8 Å². The molecular weight excluding hydrogens is 186 g/mol. The minimum absolute atomic E-state index is 0.532. The number of aryl methyl sites for hydroxylation is 2. The highest BCUT2D eigenvalue weighted by atomic mass is 35.5. The number of hydrogen-bond donors (Lipinski definition) is 1. The molecule has 0 aliphatic heterocycles. The molecule has 0 heterocycles. The van der Waals surface area contributed by atoms with Gasteiger partial charge in [-0.1, -0.05) is 17.7 Å². The maximum atomic E-state index is 9.09. The molecule has 1 aromatic rings. The van der Waals surface area contributed by atoms with E-state index in [2.05, 4.69) is 0 Å². The standard InChI is InChI=1S/C10H14ClNO/c1-7-5-10(11)8(2)4-9(7)6-12(3)13/h4-5,13H,6H2,1-3H3. The Morgan fingerprint density at radius 3 is 2.46 bits per heavy atom. The molecule has 2 nitrogen and oxygen atoms in total. The van der Waals surface area contributed by atoms with Crippen LogP contribution in [0.25, 0.3) is 0 Å². The second-order valence-corrected chi connectivity index (χ2v) is 3.75. The predicted octanol–water partition coefficient (Wildman–Crippen LogP) is 2.78. The van der Waals surface area contributed by atoms with Gasteiger partial charge < -0.3 is 5.21 Å². The number of rotatable bonds is 2. The monoisotopic (exact) mass is 199 g/mol. The Morgan fingerprint density at radius 2 is 1.92 bits per heavy atom. The zero-order chi connectivity index (χ0) is 10.0. The highest BCUT2D eigenvalue weighted by Crippen LogP contribution is 2.20. The maximum Gasteiger partial charge on any atom is 0.0488 e. The fourth-order valence-corrected chi connectivity index (χ4v) is 1.48. The Bertz CT molecular complexity index is 310. The molecule has 0 fully saturated rings. The molecular formula is C10H14ClNO. The lowest BCUT2D eigenvalue weighted by Gasteiger charge is -2.12. The highest BCUT2D eigenvalue weighted by molar-refractivity contribution is 6.31. The zero-order valence-corrected chi connectivity index (χ0v) is 8.89. The van der Waals surface area contributed by atoms with Gasteiger partial charge in [0, 0.05) is 18.6 Å². The molecule has 3 heteroatoms. The minimum atomic E-state index is 0.532. The van der Waals surface area contributed by atoms with Crippen LogP contribution in [-0.2, 0) is 6.54 Å². The van der Waals surface area contributed by atoms with Crippen LogP contribution in [0.15, 0.2) is 12.1 Å². The summed E-state index contributed by atoms with van der Waals surface area (Å²) in [6.45, 7) is 4.48. The molecule has 0 aliphatic carbocycles. The summed E-state index contributed by atoms with van der Waals surface area (Å²) in [7, 11) is 1.63. The van der Waals surface area contributed by atoms with Gasteiger partial charge in [0.05, 0.1) is 0 Å². The van der Waals surface area contributed by atoms with Gasteiger partial charge >= 0.3 is 0 Å². The molecule has 1 aromatic carbocycles. The van der Waals surface area contributed by atoms with Crippen LogP contribution in [0.3, 0.4) is 0 Å². The lowest BCUT2D eigenvalue weighted by molar-refractivity contribution is -0.0732. The van der Waals surface area contributed by atoms with Gasteiger partial charge in [-0.25, -0.2) is 0 Å². The first-order chi connectivity index (χ1) is 6.00.